The van der Waals surface area contributed by atoms with E-state index in [0.29, 0.717) is 18.5 Å². The van der Waals surface area contributed by atoms with Crippen LogP contribution in [0.1, 0.15) is 13.8 Å². The van der Waals surface area contributed by atoms with Gasteiger partial charge in [-0.25, -0.2) is 0 Å². The third-order valence-corrected chi connectivity index (χ3v) is 2.94. The van der Waals surface area contributed by atoms with Crippen LogP contribution in [0.4, 0.5) is 5.95 Å². The second kappa shape index (κ2) is 6.29. The van der Waals surface area contributed by atoms with Crippen molar-refractivity contribution in [2.75, 3.05) is 19.0 Å². The van der Waals surface area contributed by atoms with E-state index in [0.717, 1.165) is 5.69 Å². The summed E-state index contributed by atoms with van der Waals surface area (Å²) in [6.07, 6.45) is 0. The molecule has 0 saturated carbocycles. The molecule has 1 atom stereocenters. The first kappa shape index (κ1) is 13.5. The molecule has 0 radical (unpaired) electrons. The fourth-order valence-electron chi connectivity index (χ4n) is 1.77. The van der Waals surface area contributed by atoms with Crippen LogP contribution in [0.15, 0.2) is 30.3 Å². The van der Waals surface area contributed by atoms with E-state index in [-0.39, 0.29) is 6.04 Å². The molecular weight excluding hydrogens is 242 g/mol. The van der Waals surface area contributed by atoms with Crippen LogP contribution in [0.2, 0.25) is 0 Å². The summed E-state index contributed by atoms with van der Waals surface area (Å²) in [5.41, 5.74) is 0.926. The molecule has 0 bridgehead atoms. The number of nitrogens with one attached hydrogen (secondary N) is 1. The predicted molar refractivity (Wildman–Crippen MR) is 73.3 cm³/mol. The molecule has 6 nitrogen and oxygen atoms in total. The molecule has 1 aromatic carbocycles. The van der Waals surface area contributed by atoms with Crippen LogP contribution in [0, 0.1) is 5.92 Å². The van der Waals surface area contributed by atoms with Crippen LogP contribution in [-0.2, 0) is 4.74 Å². The van der Waals surface area contributed by atoms with Crippen LogP contribution in [0.3, 0.4) is 0 Å². The van der Waals surface area contributed by atoms with Gasteiger partial charge in [-0.15, -0.1) is 0 Å². The molecule has 19 heavy (non-hydrogen) atoms. The van der Waals surface area contributed by atoms with Gasteiger partial charge in [0.25, 0.3) is 0 Å². The van der Waals surface area contributed by atoms with Crippen LogP contribution in [0.5, 0.6) is 0 Å². The van der Waals surface area contributed by atoms with Gasteiger partial charge in [-0.3, -0.25) is 0 Å². The summed E-state index contributed by atoms with van der Waals surface area (Å²) in [6, 6.07) is 9.96. The highest BCUT2D eigenvalue weighted by Gasteiger charge is 2.17. The first-order valence-electron chi connectivity index (χ1n) is 6.31. The number of hydrogen-bond acceptors (Lipinski definition) is 5. The van der Waals surface area contributed by atoms with Gasteiger partial charge in [-0.1, -0.05) is 37.1 Å². The SMILES string of the molecule is COCC(Nc1nnnn1-c1ccccc1)C(C)C. The number of para-hydroxylation sites is 1. The van der Waals surface area contributed by atoms with E-state index >= 15 is 0 Å². The van der Waals surface area contributed by atoms with Crippen molar-refractivity contribution in [1.82, 2.24) is 20.2 Å². The zero-order valence-corrected chi connectivity index (χ0v) is 11.4. The fraction of sp³-hybridized carbons (Fsp3) is 0.462. The highest BCUT2D eigenvalue weighted by molar-refractivity contribution is 5.38. The van der Waals surface area contributed by atoms with Gasteiger partial charge in [0.05, 0.1) is 18.3 Å². The van der Waals surface area contributed by atoms with Gasteiger partial charge in [-0.05, 0) is 28.5 Å². The van der Waals surface area contributed by atoms with Gasteiger partial charge in [0.15, 0.2) is 0 Å². The van der Waals surface area contributed by atoms with Gasteiger partial charge in [0.1, 0.15) is 0 Å². The van der Waals surface area contributed by atoms with Gasteiger partial charge < -0.3 is 10.1 Å². The molecule has 0 spiro atoms. The highest BCUT2D eigenvalue weighted by atomic mass is 16.5. The van der Waals surface area contributed by atoms with E-state index in [1.54, 1.807) is 11.8 Å². The molecule has 1 aromatic heterocycles. The van der Waals surface area contributed by atoms with Crippen molar-refractivity contribution in [3.63, 3.8) is 0 Å². The van der Waals surface area contributed by atoms with Crippen LogP contribution >= 0.6 is 0 Å². The largest absolute Gasteiger partial charge is 0.383 e. The molecule has 0 fully saturated rings. The molecule has 102 valence electrons. The average molecular weight is 261 g/mol. The number of nitrogens with zero attached hydrogens (tertiary/aromatic N) is 4. The van der Waals surface area contributed by atoms with Crippen molar-refractivity contribution in [3.05, 3.63) is 30.3 Å². The highest BCUT2D eigenvalue weighted by Crippen LogP contribution is 2.14. The first-order valence-corrected chi connectivity index (χ1v) is 6.31. The van der Waals surface area contributed by atoms with E-state index in [9.17, 15) is 0 Å². The number of hydrogen-bond donors (Lipinski definition) is 1. The number of benzene rings is 1. The van der Waals surface area contributed by atoms with Crippen molar-refractivity contribution >= 4 is 5.95 Å². The molecule has 0 saturated heterocycles. The third kappa shape index (κ3) is 3.29. The monoisotopic (exact) mass is 261 g/mol. The lowest BCUT2D eigenvalue weighted by atomic mass is 10.1. The number of methoxy groups -OCH3 is 1. The standard InChI is InChI=1S/C13H19N5O/c1-10(2)12(9-19-3)14-13-15-16-17-18(13)11-7-5-4-6-8-11/h4-8,10,12H,9H2,1-3H3,(H,14,15,17). The lowest BCUT2D eigenvalue weighted by molar-refractivity contribution is 0.170. The molecule has 1 unspecified atom stereocenters. The third-order valence-electron chi connectivity index (χ3n) is 2.94. The van der Waals surface area contributed by atoms with Crippen molar-refractivity contribution in [3.8, 4) is 5.69 Å². The summed E-state index contributed by atoms with van der Waals surface area (Å²) in [5, 5.41) is 15.1. The molecule has 1 N–H and O–H groups in total. The Kier molecular flexibility index (Phi) is 4.46. The minimum absolute atomic E-state index is 0.165. The minimum Gasteiger partial charge on any atom is -0.383 e. The zero-order valence-electron chi connectivity index (χ0n) is 11.4. The summed E-state index contributed by atoms with van der Waals surface area (Å²) < 4.78 is 6.90. The van der Waals surface area contributed by atoms with Crippen LogP contribution in [-0.4, -0.2) is 40.0 Å². The molecule has 6 heteroatoms. The predicted octanol–water partition coefficient (Wildman–Crippen LogP) is 1.75. The normalized spacial score (nSPS) is 12.6. The number of rotatable bonds is 6. The van der Waals surface area contributed by atoms with E-state index in [2.05, 4.69) is 34.7 Å². The first-order chi connectivity index (χ1) is 9.22. The second-order valence-corrected chi connectivity index (χ2v) is 4.70. The Morgan fingerprint density at radius 1 is 1.26 bits per heavy atom. The average Bonchev–Trinajstić information content (AvgIpc) is 2.87. The van der Waals surface area contributed by atoms with Gasteiger partial charge in [-0.2, -0.15) is 4.68 Å². The summed E-state index contributed by atoms with van der Waals surface area (Å²) in [4.78, 5) is 0. The molecule has 2 aromatic rings. The maximum Gasteiger partial charge on any atom is 0.248 e. The van der Waals surface area contributed by atoms with Crippen LogP contribution < -0.4 is 5.32 Å². The maximum absolute atomic E-state index is 5.22. The van der Waals surface area contributed by atoms with Crippen molar-refractivity contribution < 1.29 is 4.74 Å². The molecule has 2 rings (SSSR count). The maximum atomic E-state index is 5.22. The van der Waals surface area contributed by atoms with Crippen molar-refractivity contribution in [2.45, 2.75) is 19.9 Å². The quantitative estimate of drug-likeness (QED) is 0.858. The Balaban J connectivity index is 2.20. The number of ether oxygens (including phenoxy) is 1. The Bertz CT molecular complexity index is 497. The van der Waals surface area contributed by atoms with E-state index in [1.807, 2.05) is 30.3 Å². The van der Waals surface area contributed by atoms with Gasteiger partial charge >= 0.3 is 0 Å². The van der Waals surface area contributed by atoms with E-state index < -0.39 is 0 Å². The second-order valence-electron chi connectivity index (χ2n) is 4.70. The molecule has 0 aliphatic carbocycles. The molecule has 0 aliphatic heterocycles. The molecular formula is C13H19N5O. The molecule has 1 heterocycles. The fourth-order valence-corrected chi connectivity index (χ4v) is 1.77. The number of anilines is 1. The minimum atomic E-state index is 0.165. The number of aromatic nitrogens is 4. The van der Waals surface area contributed by atoms with Crippen molar-refractivity contribution in [1.29, 1.82) is 0 Å². The van der Waals surface area contributed by atoms with E-state index in [1.165, 1.54) is 0 Å². The smallest absolute Gasteiger partial charge is 0.248 e. The Morgan fingerprint density at radius 3 is 2.63 bits per heavy atom. The summed E-state index contributed by atoms with van der Waals surface area (Å²) in [7, 11) is 1.69. The molecule has 0 amide bonds. The number of tetrazole rings is 1. The lowest BCUT2D eigenvalue weighted by Crippen LogP contribution is -2.31. The van der Waals surface area contributed by atoms with Crippen LogP contribution in [0.25, 0.3) is 5.69 Å². The summed E-state index contributed by atoms with van der Waals surface area (Å²) in [6.45, 7) is 4.87. The van der Waals surface area contributed by atoms with Gasteiger partial charge in [0, 0.05) is 7.11 Å². The Labute approximate surface area is 112 Å². The molecule has 0 aliphatic rings. The topological polar surface area (TPSA) is 64.9 Å². The summed E-state index contributed by atoms with van der Waals surface area (Å²) in [5.74, 6) is 1.04. The lowest BCUT2D eigenvalue weighted by Gasteiger charge is -2.21. The zero-order chi connectivity index (χ0) is 13.7. The summed E-state index contributed by atoms with van der Waals surface area (Å²) >= 11 is 0. The Hall–Kier alpha value is -1.95. The Morgan fingerprint density at radius 2 is 2.00 bits per heavy atom. The van der Waals surface area contributed by atoms with E-state index in [4.69, 9.17) is 4.74 Å². The van der Waals surface area contributed by atoms with Gasteiger partial charge in [0.2, 0.25) is 5.95 Å². The van der Waals surface area contributed by atoms with Crippen molar-refractivity contribution in [2.24, 2.45) is 5.92 Å².